The van der Waals surface area contributed by atoms with Crippen molar-refractivity contribution >= 4 is 11.7 Å². The highest BCUT2D eigenvalue weighted by Gasteiger charge is 2.33. The normalized spacial score (nSPS) is 13.8. The molecule has 1 aliphatic heterocycles. The number of benzene rings is 1. The van der Waals surface area contributed by atoms with Gasteiger partial charge >= 0.3 is 0 Å². The van der Waals surface area contributed by atoms with Gasteiger partial charge in [-0.3, -0.25) is 4.79 Å². The first-order valence-electron chi connectivity index (χ1n) is 9.71. The molecule has 1 aromatic carbocycles. The molecule has 9 nitrogen and oxygen atoms in total. The number of anilines is 1. The van der Waals surface area contributed by atoms with Crippen LogP contribution in [0.4, 0.5) is 10.2 Å². The molecule has 0 atom stereocenters. The van der Waals surface area contributed by atoms with Gasteiger partial charge < -0.3 is 15.0 Å². The Morgan fingerprint density at radius 3 is 2.60 bits per heavy atom. The molecule has 3 aromatic rings. The molecule has 0 saturated carbocycles. The number of carbonyl (C=O) groups is 1. The Kier molecular flexibility index (Phi) is 5.55. The Bertz CT molecular complexity index is 1010. The van der Waals surface area contributed by atoms with Crippen molar-refractivity contribution in [2.45, 2.75) is 20.5 Å². The largest absolute Gasteiger partial charge is 0.470 e. The second-order valence-corrected chi connectivity index (χ2v) is 7.02. The molecule has 1 aliphatic rings. The number of carbonyl (C=O) groups excluding carboxylic acids is 1. The molecule has 0 unspecified atom stereocenters. The number of hydrogen-bond donors (Lipinski definition) is 1. The lowest BCUT2D eigenvalue weighted by atomic mass is 9.99. The van der Waals surface area contributed by atoms with Gasteiger partial charge in [0, 0.05) is 25.7 Å². The van der Waals surface area contributed by atoms with Crippen molar-refractivity contribution in [3.63, 3.8) is 0 Å². The Labute approximate surface area is 172 Å². The van der Waals surface area contributed by atoms with Gasteiger partial charge in [0.05, 0.1) is 17.3 Å². The number of halogens is 1. The third-order valence-electron chi connectivity index (χ3n) is 4.94. The second-order valence-electron chi connectivity index (χ2n) is 7.02. The monoisotopic (exact) mass is 411 g/mol. The molecule has 3 heterocycles. The second kappa shape index (κ2) is 8.44. The molecule has 1 saturated heterocycles. The highest BCUT2D eigenvalue weighted by molar-refractivity contribution is 5.81. The summed E-state index contributed by atoms with van der Waals surface area (Å²) in [7, 11) is 0. The molecular weight excluding hydrogens is 389 g/mol. The van der Waals surface area contributed by atoms with Crippen LogP contribution in [0.2, 0.25) is 0 Å². The Balaban J connectivity index is 1.37. The summed E-state index contributed by atoms with van der Waals surface area (Å²) in [4.78, 5) is 13.8. The summed E-state index contributed by atoms with van der Waals surface area (Å²) in [6.07, 6.45) is 0. The van der Waals surface area contributed by atoms with Crippen molar-refractivity contribution < 1.29 is 13.9 Å². The molecule has 1 amide bonds. The molecular formula is C20H22FN7O2. The van der Waals surface area contributed by atoms with Crippen molar-refractivity contribution in [3.05, 3.63) is 53.6 Å². The Morgan fingerprint density at radius 2 is 1.93 bits per heavy atom. The van der Waals surface area contributed by atoms with Crippen LogP contribution in [0.5, 0.6) is 5.88 Å². The van der Waals surface area contributed by atoms with E-state index in [4.69, 9.17) is 4.74 Å². The van der Waals surface area contributed by atoms with Gasteiger partial charge in [-0.25, -0.2) is 9.07 Å². The van der Waals surface area contributed by atoms with E-state index in [-0.39, 0.29) is 24.2 Å². The van der Waals surface area contributed by atoms with Crippen molar-refractivity contribution in [1.29, 1.82) is 0 Å². The topological polar surface area (TPSA) is 98.1 Å². The van der Waals surface area contributed by atoms with Crippen molar-refractivity contribution in [3.8, 4) is 11.6 Å². The van der Waals surface area contributed by atoms with Crippen LogP contribution in [0.15, 0.2) is 36.4 Å². The van der Waals surface area contributed by atoms with Gasteiger partial charge in [-0.05, 0) is 44.2 Å². The van der Waals surface area contributed by atoms with E-state index in [1.807, 2.05) is 24.8 Å². The zero-order chi connectivity index (χ0) is 21.1. The van der Waals surface area contributed by atoms with E-state index in [0.29, 0.717) is 42.7 Å². The van der Waals surface area contributed by atoms with E-state index in [1.165, 1.54) is 12.1 Å². The number of amides is 1. The molecule has 2 aromatic heterocycles. The van der Waals surface area contributed by atoms with Crippen LogP contribution in [0, 0.1) is 18.7 Å². The quantitative estimate of drug-likeness (QED) is 0.631. The zero-order valence-corrected chi connectivity index (χ0v) is 16.7. The SMILES string of the molecule is CCNC(=O)C1CN(c2ccc(OCc3c(C)nnn3-c3ccc(F)cc3)nn2)C1. The Morgan fingerprint density at radius 1 is 1.17 bits per heavy atom. The van der Waals surface area contributed by atoms with Crippen LogP contribution >= 0.6 is 0 Å². The van der Waals surface area contributed by atoms with Crippen LogP contribution in [0.3, 0.4) is 0 Å². The van der Waals surface area contributed by atoms with Crippen LogP contribution < -0.4 is 15.0 Å². The molecule has 10 heteroatoms. The molecule has 0 bridgehead atoms. The average molecular weight is 411 g/mol. The molecule has 0 aliphatic carbocycles. The standard InChI is InChI=1S/C20H22FN7O2/c1-3-22-20(29)14-10-27(11-14)18-8-9-19(25-24-18)30-12-17-13(2)23-26-28(17)16-6-4-15(21)5-7-16/h4-9,14H,3,10-12H2,1-2H3,(H,22,29). The molecule has 1 N–H and O–H groups in total. The lowest BCUT2D eigenvalue weighted by Gasteiger charge is -2.38. The lowest BCUT2D eigenvalue weighted by Crippen LogP contribution is -2.54. The van der Waals surface area contributed by atoms with Gasteiger partial charge in [0.1, 0.15) is 18.1 Å². The fraction of sp³-hybridized carbons (Fsp3) is 0.350. The van der Waals surface area contributed by atoms with E-state index >= 15 is 0 Å². The maximum Gasteiger partial charge on any atom is 0.233 e. The fourth-order valence-corrected chi connectivity index (χ4v) is 3.18. The van der Waals surface area contributed by atoms with E-state index < -0.39 is 0 Å². The summed E-state index contributed by atoms with van der Waals surface area (Å²) in [5, 5.41) is 19.3. The maximum absolute atomic E-state index is 13.2. The third kappa shape index (κ3) is 4.07. The molecule has 1 fully saturated rings. The van der Waals surface area contributed by atoms with Crippen molar-refractivity contribution in [2.75, 3.05) is 24.5 Å². The van der Waals surface area contributed by atoms with E-state index in [0.717, 1.165) is 5.69 Å². The minimum atomic E-state index is -0.316. The number of aromatic nitrogens is 5. The number of rotatable bonds is 7. The predicted octanol–water partition coefficient (Wildman–Crippen LogP) is 1.66. The van der Waals surface area contributed by atoms with E-state index in [1.54, 1.807) is 22.9 Å². The summed E-state index contributed by atoms with van der Waals surface area (Å²) in [6.45, 7) is 5.81. The smallest absolute Gasteiger partial charge is 0.233 e. The van der Waals surface area contributed by atoms with Gasteiger partial charge in [0.2, 0.25) is 11.8 Å². The summed E-state index contributed by atoms with van der Waals surface area (Å²) in [5.41, 5.74) is 2.14. The van der Waals surface area contributed by atoms with E-state index in [2.05, 4.69) is 25.8 Å². The molecule has 4 rings (SSSR count). The first-order valence-corrected chi connectivity index (χ1v) is 9.71. The molecule has 30 heavy (non-hydrogen) atoms. The minimum absolute atomic E-state index is 0.00935. The van der Waals surface area contributed by atoms with Gasteiger partial charge in [-0.15, -0.1) is 15.3 Å². The van der Waals surface area contributed by atoms with Crippen molar-refractivity contribution in [1.82, 2.24) is 30.5 Å². The lowest BCUT2D eigenvalue weighted by molar-refractivity contribution is -0.125. The van der Waals surface area contributed by atoms with Gasteiger partial charge in [-0.2, -0.15) is 0 Å². The zero-order valence-electron chi connectivity index (χ0n) is 16.7. The first-order chi connectivity index (χ1) is 14.5. The van der Waals surface area contributed by atoms with Crippen LogP contribution in [-0.4, -0.2) is 50.7 Å². The third-order valence-corrected chi connectivity index (χ3v) is 4.94. The Hall–Kier alpha value is -3.56. The molecule has 156 valence electrons. The maximum atomic E-state index is 13.2. The molecule has 0 radical (unpaired) electrons. The minimum Gasteiger partial charge on any atom is -0.470 e. The first kappa shape index (κ1) is 19.7. The van der Waals surface area contributed by atoms with Gasteiger partial charge in [0.25, 0.3) is 0 Å². The summed E-state index contributed by atoms with van der Waals surface area (Å²) >= 11 is 0. The highest BCUT2D eigenvalue weighted by Crippen LogP contribution is 2.23. The summed E-state index contributed by atoms with van der Waals surface area (Å²) in [6, 6.07) is 9.55. The average Bonchev–Trinajstić information content (AvgIpc) is 3.07. The van der Waals surface area contributed by atoms with Crippen LogP contribution in [-0.2, 0) is 11.4 Å². The molecule has 0 spiro atoms. The van der Waals surface area contributed by atoms with Crippen LogP contribution in [0.1, 0.15) is 18.3 Å². The van der Waals surface area contributed by atoms with Gasteiger partial charge in [0.15, 0.2) is 5.82 Å². The number of nitrogens with zero attached hydrogens (tertiary/aromatic N) is 6. The fourth-order valence-electron chi connectivity index (χ4n) is 3.18. The van der Waals surface area contributed by atoms with E-state index in [9.17, 15) is 9.18 Å². The number of hydrogen-bond acceptors (Lipinski definition) is 7. The number of aryl methyl sites for hydroxylation is 1. The summed E-state index contributed by atoms with van der Waals surface area (Å²) < 4.78 is 20.6. The number of nitrogens with one attached hydrogen (secondary N) is 1. The highest BCUT2D eigenvalue weighted by atomic mass is 19.1. The predicted molar refractivity (Wildman–Crippen MR) is 107 cm³/mol. The number of ether oxygens (including phenoxy) is 1. The summed E-state index contributed by atoms with van der Waals surface area (Å²) in [5.74, 6) is 0.819. The van der Waals surface area contributed by atoms with Crippen molar-refractivity contribution in [2.24, 2.45) is 5.92 Å². The van der Waals surface area contributed by atoms with Crippen LogP contribution in [0.25, 0.3) is 5.69 Å². The van der Waals surface area contributed by atoms with Gasteiger partial charge in [-0.1, -0.05) is 5.21 Å².